The molecule has 0 heterocycles. The van der Waals surface area contributed by atoms with E-state index in [0.717, 1.165) is 14.2 Å². The van der Waals surface area contributed by atoms with E-state index in [1.807, 2.05) is 0 Å². The van der Waals surface area contributed by atoms with Crippen LogP contribution in [0.5, 0.6) is 0 Å². The zero-order valence-corrected chi connectivity index (χ0v) is 11.7. The third-order valence-electron chi connectivity index (χ3n) is 2.38. The number of nitrogens with zero attached hydrogens (tertiary/aromatic N) is 1. The molecule has 21 heavy (non-hydrogen) atoms. The summed E-state index contributed by atoms with van der Waals surface area (Å²) < 4.78 is 13.5. The van der Waals surface area contributed by atoms with Gasteiger partial charge in [0.05, 0.1) is 32.6 Å². The monoisotopic (exact) mass is 294 g/mol. The maximum absolute atomic E-state index is 11.6. The number of para-hydroxylation sites is 1. The number of carbonyl (C=O) groups is 3. The van der Waals surface area contributed by atoms with Crippen molar-refractivity contribution in [2.45, 2.75) is 0 Å². The smallest absolute Gasteiger partial charge is 0.366 e. The van der Waals surface area contributed by atoms with Crippen molar-refractivity contribution >= 4 is 29.3 Å². The number of esters is 3. The number of anilines is 1. The van der Waals surface area contributed by atoms with Gasteiger partial charge in [-0.15, -0.1) is 0 Å². The van der Waals surface area contributed by atoms with Gasteiger partial charge in [-0.2, -0.15) is 5.10 Å². The number of hydrazone groups is 1. The van der Waals surface area contributed by atoms with Crippen molar-refractivity contribution in [3.8, 4) is 0 Å². The quantitative estimate of drug-likeness (QED) is 0.278. The van der Waals surface area contributed by atoms with E-state index >= 15 is 0 Å². The molecule has 0 saturated carbocycles. The van der Waals surface area contributed by atoms with E-state index in [1.54, 1.807) is 12.1 Å². The van der Waals surface area contributed by atoms with Gasteiger partial charge >= 0.3 is 17.9 Å². The molecule has 0 fully saturated rings. The average Bonchev–Trinajstić information content (AvgIpc) is 2.53. The van der Waals surface area contributed by atoms with Crippen LogP contribution in [0.1, 0.15) is 10.4 Å². The molecule has 0 atom stereocenters. The first-order valence-corrected chi connectivity index (χ1v) is 5.72. The molecule has 8 nitrogen and oxygen atoms in total. The van der Waals surface area contributed by atoms with Gasteiger partial charge in [-0.3, -0.25) is 5.43 Å². The van der Waals surface area contributed by atoms with E-state index in [0.29, 0.717) is 0 Å². The third-order valence-corrected chi connectivity index (χ3v) is 2.38. The number of rotatable bonds is 5. The topological polar surface area (TPSA) is 103 Å². The Morgan fingerprint density at radius 1 is 0.952 bits per heavy atom. The SMILES string of the molecule is COC(=O)C(=NNc1ccccc1C(=O)OC)C(=O)OC. The normalized spacial score (nSPS) is 9.29. The highest BCUT2D eigenvalue weighted by Crippen LogP contribution is 2.16. The van der Waals surface area contributed by atoms with Crippen LogP contribution in [-0.4, -0.2) is 44.9 Å². The summed E-state index contributed by atoms with van der Waals surface area (Å²) in [6.45, 7) is 0. The molecule has 0 aliphatic carbocycles. The number of hydrogen-bond acceptors (Lipinski definition) is 8. The molecule has 0 radical (unpaired) electrons. The summed E-state index contributed by atoms with van der Waals surface area (Å²) in [5.41, 5.74) is 2.31. The van der Waals surface area contributed by atoms with Crippen LogP contribution in [0.15, 0.2) is 29.4 Å². The van der Waals surface area contributed by atoms with Gasteiger partial charge < -0.3 is 14.2 Å². The molecule has 0 amide bonds. The number of hydrogen-bond donors (Lipinski definition) is 1. The van der Waals surface area contributed by atoms with Crippen molar-refractivity contribution < 1.29 is 28.6 Å². The fourth-order valence-corrected chi connectivity index (χ4v) is 1.35. The highest BCUT2D eigenvalue weighted by atomic mass is 16.5. The molecule has 0 bridgehead atoms. The molecule has 1 N–H and O–H groups in total. The van der Waals surface area contributed by atoms with Crippen LogP contribution in [0, 0.1) is 0 Å². The first kappa shape index (κ1) is 16.2. The number of benzene rings is 1. The van der Waals surface area contributed by atoms with Gasteiger partial charge in [-0.05, 0) is 12.1 Å². The van der Waals surface area contributed by atoms with E-state index in [1.165, 1.54) is 19.2 Å². The first-order valence-electron chi connectivity index (χ1n) is 5.72. The Bertz CT molecular complexity index is 564. The van der Waals surface area contributed by atoms with Gasteiger partial charge in [0.1, 0.15) is 0 Å². The van der Waals surface area contributed by atoms with Crippen LogP contribution in [0.3, 0.4) is 0 Å². The molecule has 1 aromatic carbocycles. The van der Waals surface area contributed by atoms with Crippen molar-refractivity contribution in [3.05, 3.63) is 29.8 Å². The lowest BCUT2D eigenvalue weighted by atomic mass is 10.2. The van der Waals surface area contributed by atoms with Crippen molar-refractivity contribution in [2.24, 2.45) is 5.10 Å². The van der Waals surface area contributed by atoms with Crippen LogP contribution in [-0.2, 0) is 23.8 Å². The molecule has 112 valence electrons. The lowest BCUT2D eigenvalue weighted by Crippen LogP contribution is -2.27. The van der Waals surface area contributed by atoms with Gasteiger partial charge in [0.15, 0.2) is 0 Å². The van der Waals surface area contributed by atoms with Crippen molar-refractivity contribution in [3.63, 3.8) is 0 Å². The first-order chi connectivity index (χ1) is 10.0. The van der Waals surface area contributed by atoms with Gasteiger partial charge in [0.25, 0.3) is 5.71 Å². The predicted molar refractivity (Wildman–Crippen MR) is 72.9 cm³/mol. The summed E-state index contributed by atoms with van der Waals surface area (Å²) in [7, 11) is 3.43. The lowest BCUT2D eigenvalue weighted by molar-refractivity contribution is -0.138. The summed E-state index contributed by atoms with van der Waals surface area (Å²) in [6.07, 6.45) is 0. The number of carbonyl (C=O) groups excluding carboxylic acids is 3. The fraction of sp³-hybridized carbons (Fsp3) is 0.231. The second kappa shape index (κ2) is 7.63. The standard InChI is InChI=1S/C13H14N2O6/c1-19-11(16)8-6-4-5-7-9(8)14-15-10(12(17)20-2)13(18)21-3/h4-7,14H,1-3H3. The fourth-order valence-electron chi connectivity index (χ4n) is 1.35. The minimum atomic E-state index is -0.968. The Hall–Kier alpha value is -2.90. The zero-order chi connectivity index (χ0) is 15.8. The number of ether oxygens (including phenoxy) is 3. The maximum Gasteiger partial charge on any atom is 0.366 e. The van der Waals surface area contributed by atoms with Crippen LogP contribution < -0.4 is 5.43 Å². The summed E-state index contributed by atoms with van der Waals surface area (Å²) >= 11 is 0. The Labute approximate surface area is 120 Å². The van der Waals surface area contributed by atoms with Gasteiger partial charge in [-0.25, -0.2) is 14.4 Å². The molecule has 0 aliphatic rings. The van der Waals surface area contributed by atoms with Crippen LogP contribution >= 0.6 is 0 Å². The number of nitrogens with one attached hydrogen (secondary N) is 1. The third kappa shape index (κ3) is 4.03. The van der Waals surface area contributed by atoms with Crippen LogP contribution in [0.2, 0.25) is 0 Å². The second-order valence-electron chi connectivity index (χ2n) is 3.59. The highest BCUT2D eigenvalue weighted by Gasteiger charge is 2.22. The van der Waals surface area contributed by atoms with E-state index < -0.39 is 23.6 Å². The van der Waals surface area contributed by atoms with Crippen molar-refractivity contribution in [2.75, 3.05) is 26.8 Å². The van der Waals surface area contributed by atoms with Gasteiger partial charge in [0, 0.05) is 0 Å². The minimum Gasteiger partial charge on any atom is -0.465 e. The Morgan fingerprint density at radius 2 is 1.52 bits per heavy atom. The predicted octanol–water partition coefficient (Wildman–Crippen LogP) is 0.587. The van der Waals surface area contributed by atoms with Gasteiger partial charge in [-0.1, -0.05) is 12.1 Å². The molecule has 1 aromatic rings. The summed E-state index contributed by atoms with van der Waals surface area (Å²) in [4.78, 5) is 34.4. The van der Waals surface area contributed by atoms with E-state index in [2.05, 4.69) is 24.7 Å². The molecule has 0 unspecified atom stereocenters. The Kier molecular flexibility index (Phi) is 5.87. The molecular weight excluding hydrogens is 280 g/mol. The molecule has 0 aromatic heterocycles. The van der Waals surface area contributed by atoms with Crippen molar-refractivity contribution in [1.29, 1.82) is 0 Å². The van der Waals surface area contributed by atoms with Crippen LogP contribution in [0.4, 0.5) is 5.69 Å². The Balaban J connectivity index is 3.09. The largest absolute Gasteiger partial charge is 0.465 e. The Morgan fingerprint density at radius 3 is 2.05 bits per heavy atom. The molecular formula is C13H14N2O6. The average molecular weight is 294 g/mol. The summed E-state index contributed by atoms with van der Waals surface area (Å²) in [5, 5.41) is 3.62. The summed E-state index contributed by atoms with van der Waals surface area (Å²) in [5.74, 6) is -2.53. The highest BCUT2D eigenvalue weighted by molar-refractivity contribution is 6.62. The molecule has 0 spiro atoms. The molecule has 8 heteroatoms. The van der Waals surface area contributed by atoms with E-state index in [9.17, 15) is 14.4 Å². The van der Waals surface area contributed by atoms with Crippen molar-refractivity contribution in [1.82, 2.24) is 0 Å². The second-order valence-corrected chi connectivity index (χ2v) is 3.59. The molecule has 0 saturated heterocycles. The maximum atomic E-state index is 11.6. The molecule has 0 aliphatic heterocycles. The molecule has 1 rings (SSSR count). The van der Waals surface area contributed by atoms with E-state index in [-0.39, 0.29) is 11.3 Å². The van der Waals surface area contributed by atoms with E-state index in [4.69, 9.17) is 0 Å². The number of methoxy groups -OCH3 is 3. The van der Waals surface area contributed by atoms with Crippen LogP contribution in [0.25, 0.3) is 0 Å². The van der Waals surface area contributed by atoms with Gasteiger partial charge in [0.2, 0.25) is 0 Å². The zero-order valence-electron chi connectivity index (χ0n) is 11.7. The lowest BCUT2D eigenvalue weighted by Gasteiger charge is -2.08. The summed E-state index contributed by atoms with van der Waals surface area (Å²) in [6, 6.07) is 6.30. The minimum absolute atomic E-state index is 0.192.